The third-order valence-electron chi connectivity index (χ3n) is 6.28. The topological polar surface area (TPSA) is 248 Å². The van der Waals surface area contributed by atoms with Crippen LogP contribution in [0.3, 0.4) is 0 Å². The summed E-state index contributed by atoms with van der Waals surface area (Å²) in [6.45, 7) is 0.652. The zero-order valence-corrected chi connectivity index (χ0v) is 18.3. The summed E-state index contributed by atoms with van der Waals surface area (Å²) in [5.74, 6) is 0. The maximum absolute atomic E-state index is 10.2. The monoisotopic (exact) mass is 502 g/mol. The van der Waals surface area contributed by atoms with Gasteiger partial charge in [0.15, 0.2) is 18.9 Å². The Morgan fingerprint density at radius 1 is 0.471 bits per heavy atom. The molecule has 15 atom stereocenters. The van der Waals surface area contributed by atoms with Gasteiger partial charge in [0.2, 0.25) is 0 Å². The Labute approximate surface area is 194 Å². The smallest absolute Gasteiger partial charge is 0.186 e. The highest BCUT2D eigenvalue weighted by molar-refractivity contribution is 4.92. The van der Waals surface area contributed by atoms with Crippen LogP contribution in [-0.4, -0.2) is 156 Å². The molecular formula is C19H34O15. The van der Waals surface area contributed by atoms with Crippen molar-refractivity contribution in [1.29, 1.82) is 0 Å². The molecule has 10 N–H and O–H groups in total. The van der Waals surface area contributed by atoms with Crippen molar-refractivity contribution in [3.8, 4) is 0 Å². The van der Waals surface area contributed by atoms with Crippen LogP contribution < -0.4 is 0 Å². The van der Waals surface area contributed by atoms with Gasteiger partial charge in [-0.05, 0) is 6.42 Å². The van der Waals surface area contributed by atoms with E-state index in [1.807, 2.05) is 0 Å². The van der Waals surface area contributed by atoms with Gasteiger partial charge in [0, 0.05) is 0 Å². The number of aliphatic hydroxyl groups is 10. The van der Waals surface area contributed by atoms with E-state index in [2.05, 4.69) is 0 Å². The van der Waals surface area contributed by atoms with Crippen LogP contribution in [0.25, 0.3) is 0 Å². The normalized spacial score (nSPS) is 52.5. The maximum Gasteiger partial charge on any atom is 0.186 e. The number of hydrogen-bond donors (Lipinski definition) is 10. The Morgan fingerprint density at radius 3 is 1.32 bits per heavy atom. The van der Waals surface area contributed by atoms with Crippen LogP contribution in [0.1, 0.15) is 13.3 Å². The van der Waals surface area contributed by atoms with Crippen LogP contribution in [-0.2, 0) is 23.7 Å². The molecule has 0 aromatic heterocycles. The molecule has 0 radical (unpaired) electrons. The Kier molecular flexibility index (Phi) is 9.57. The van der Waals surface area contributed by atoms with Crippen LogP contribution in [0.2, 0.25) is 0 Å². The molecule has 0 amide bonds. The molecule has 0 saturated carbocycles. The predicted octanol–water partition coefficient (Wildman–Crippen LogP) is -6.16. The molecule has 3 saturated heterocycles. The number of aliphatic hydroxyl groups excluding tert-OH is 10. The van der Waals surface area contributed by atoms with Crippen LogP contribution in [0.15, 0.2) is 0 Å². The Hall–Kier alpha value is -0.600. The minimum Gasteiger partial charge on any atom is -0.388 e. The molecular weight excluding hydrogens is 468 g/mol. The standard InChI is InChI=1S/C19H34O15/c1-2-5-8(20)12(24)15(27)18(33-5)31-4-7-10(22)13(25)16(28)19(34-7)30-3-6-9(21)11(23)14(26)17(29)32-6/h5-29H,2-4H2,1H3/t5?,6?,7?,8-,9-,10-,11?,12?,13?,14?,15?,16?,17+,18+,19+/m1/s1. The molecule has 3 rings (SSSR count). The van der Waals surface area contributed by atoms with E-state index >= 15 is 0 Å². The summed E-state index contributed by atoms with van der Waals surface area (Å²) in [5, 5.41) is 99.5. The zero-order valence-electron chi connectivity index (χ0n) is 18.3. The first-order valence-corrected chi connectivity index (χ1v) is 11.0. The first-order chi connectivity index (χ1) is 16.0. The summed E-state index contributed by atoms with van der Waals surface area (Å²) >= 11 is 0. The molecule has 15 heteroatoms. The highest BCUT2D eigenvalue weighted by Gasteiger charge is 2.48. The predicted molar refractivity (Wildman–Crippen MR) is 104 cm³/mol. The highest BCUT2D eigenvalue weighted by atomic mass is 16.7. The Balaban J connectivity index is 1.58. The van der Waals surface area contributed by atoms with Gasteiger partial charge in [0.25, 0.3) is 0 Å². The molecule has 3 aliphatic heterocycles. The summed E-state index contributed by atoms with van der Waals surface area (Å²) in [6, 6.07) is 0. The van der Waals surface area contributed by atoms with Crippen LogP contribution in [0.4, 0.5) is 0 Å². The van der Waals surface area contributed by atoms with Crippen molar-refractivity contribution in [3.05, 3.63) is 0 Å². The van der Waals surface area contributed by atoms with Gasteiger partial charge in [-0.15, -0.1) is 0 Å². The summed E-state index contributed by atoms with van der Waals surface area (Å²) in [5.41, 5.74) is 0. The highest BCUT2D eigenvalue weighted by Crippen LogP contribution is 2.28. The number of rotatable bonds is 7. The quantitative estimate of drug-likeness (QED) is 0.155. The van der Waals surface area contributed by atoms with Gasteiger partial charge in [0.05, 0.1) is 19.3 Å². The van der Waals surface area contributed by atoms with E-state index in [1.54, 1.807) is 6.92 Å². The van der Waals surface area contributed by atoms with Crippen molar-refractivity contribution < 1.29 is 74.7 Å². The first-order valence-electron chi connectivity index (χ1n) is 11.0. The van der Waals surface area contributed by atoms with Crippen molar-refractivity contribution in [1.82, 2.24) is 0 Å². The van der Waals surface area contributed by atoms with Crippen molar-refractivity contribution in [2.75, 3.05) is 13.2 Å². The fourth-order valence-corrected chi connectivity index (χ4v) is 4.03. The molecule has 3 aliphatic rings. The summed E-state index contributed by atoms with van der Waals surface area (Å²) < 4.78 is 26.6. The second-order valence-electron chi connectivity index (χ2n) is 8.64. The zero-order chi connectivity index (χ0) is 25.3. The minimum atomic E-state index is -1.81. The van der Waals surface area contributed by atoms with Crippen LogP contribution in [0, 0.1) is 0 Å². The average Bonchev–Trinajstić information content (AvgIpc) is 2.82. The van der Waals surface area contributed by atoms with E-state index in [9.17, 15) is 51.1 Å². The Morgan fingerprint density at radius 2 is 0.853 bits per heavy atom. The summed E-state index contributed by atoms with van der Waals surface area (Å²) in [4.78, 5) is 0. The molecule has 0 aliphatic carbocycles. The van der Waals surface area contributed by atoms with Gasteiger partial charge in [-0.1, -0.05) is 6.92 Å². The lowest BCUT2D eigenvalue weighted by Crippen LogP contribution is -2.62. The third kappa shape index (κ3) is 5.69. The molecule has 0 spiro atoms. The minimum absolute atomic E-state index is 0.309. The van der Waals surface area contributed by atoms with E-state index in [0.29, 0.717) is 6.42 Å². The molecule has 3 heterocycles. The summed E-state index contributed by atoms with van der Waals surface area (Å²) in [7, 11) is 0. The van der Waals surface area contributed by atoms with Crippen molar-refractivity contribution in [2.45, 2.75) is 105 Å². The maximum atomic E-state index is 10.2. The molecule has 0 aromatic rings. The van der Waals surface area contributed by atoms with Crippen LogP contribution in [0.5, 0.6) is 0 Å². The number of ether oxygens (including phenoxy) is 5. The third-order valence-corrected chi connectivity index (χ3v) is 6.28. The van der Waals surface area contributed by atoms with Gasteiger partial charge < -0.3 is 74.7 Å². The molecule has 0 bridgehead atoms. The molecule has 200 valence electrons. The fourth-order valence-electron chi connectivity index (χ4n) is 4.03. The number of hydrogen-bond acceptors (Lipinski definition) is 15. The SMILES string of the molecule is CCC1O[C@H](OCC2O[C@H](OCC3O[C@H](O)C(O)C(O)[C@@H]3O)C(O)C(O)[C@@H]2O)C(O)C(O)[C@@H]1O. The van der Waals surface area contributed by atoms with Gasteiger partial charge in [-0.2, -0.15) is 0 Å². The first kappa shape index (κ1) is 28.0. The van der Waals surface area contributed by atoms with Crippen molar-refractivity contribution in [3.63, 3.8) is 0 Å². The lowest BCUT2D eigenvalue weighted by Gasteiger charge is -2.43. The summed E-state index contributed by atoms with van der Waals surface area (Å²) in [6.07, 6.45) is -22.7. The average molecular weight is 502 g/mol. The molecule has 34 heavy (non-hydrogen) atoms. The molecule has 15 nitrogen and oxygen atoms in total. The fraction of sp³-hybridized carbons (Fsp3) is 1.00. The van der Waals surface area contributed by atoms with Gasteiger partial charge in [0.1, 0.15) is 67.1 Å². The second-order valence-corrected chi connectivity index (χ2v) is 8.64. The molecule has 0 aromatic carbocycles. The Bertz CT molecular complexity index is 639. The lowest BCUT2D eigenvalue weighted by atomic mass is 9.97. The molecule has 9 unspecified atom stereocenters. The van der Waals surface area contributed by atoms with E-state index in [0.717, 1.165) is 0 Å². The van der Waals surface area contributed by atoms with Crippen LogP contribution >= 0.6 is 0 Å². The van der Waals surface area contributed by atoms with Gasteiger partial charge in [-0.3, -0.25) is 0 Å². The van der Waals surface area contributed by atoms with E-state index < -0.39 is 105 Å². The van der Waals surface area contributed by atoms with E-state index in [-0.39, 0.29) is 0 Å². The van der Waals surface area contributed by atoms with Gasteiger partial charge in [-0.25, -0.2) is 0 Å². The van der Waals surface area contributed by atoms with E-state index in [4.69, 9.17) is 23.7 Å². The van der Waals surface area contributed by atoms with Crippen molar-refractivity contribution in [2.24, 2.45) is 0 Å². The largest absolute Gasteiger partial charge is 0.388 e. The lowest BCUT2D eigenvalue weighted by molar-refractivity contribution is -0.339. The van der Waals surface area contributed by atoms with Gasteiger partial charge >= 0.3 is 0 Å². The van der Waals surface area contributed by atoms with Crippen molar-refractivity contribution >= 4 is 0 Å². The van der Waals surface area contributed by atoms with E-state index in [1.165, 1.54) is 0 Å². The second kappa shape index (κ2) is 11.6. The molecule has 3 fully saturated rings.